The lowest BCUT2D eigenvalue weighted by Crippen LogP contribution is -2.29. The topological polar surface area (TPSA) is 58.6 Å². The molecule has 2 aliphatic rings. The van der Waals surface area contributed by atoms with Crippen LogP contribution >= 0.6 is 0 Å². The van der Waals surface area contributed by atoms with Crippen LogP contribution in [0.4, 0.5) is 17.1 Å². The Labute approximate surface area is 189 Å². The van der Waals surface area contributed by atoms with E-state index >= 15 is 0 Å². The maximum atomic E-state index is 5.57. The van der Waals surface area contributed by atoms with E-state index in [1.807, 2.05) is 12.1 Å². The standard InChI is InChI=1S/C25H28N4O3/c1-7-12-32-27-25-20(29(4)11-10-28(2)3)9-8-19-23(25)18-13-16-14-21(30-5)22(31-6)15-17(16)24(18)26-19/h1,8-9,13-15,27H,10-12H2,2-6H3. The second kappa shape index (κ2) is 8.95. The molecule has 2 aromatic carbocycles. The van der Waals surface area contributed by atoms with Crippen molar-refractivity contribution >= 4 is 34.4 Å². The molecule has 1 heterocycles. The number of allylic oxidation sites excluding steroid dienone is 1. The number of hydrogen-bond acceptors (Lipinski definition) is 7. The Morgan fingerprint density at radius 2 is 1.81 bits per heavy atom. The lowest BCUT2D eigenvalue weighted by atomic mass is 10.0. The molecular formula is C25H28N4O3. The maximum absolute atomic E-state index is 5.57. The van der Waals surface area contributed by atoms with Gasteiger partial charge in [-0.3, -0.25) is 10.3 Å². The van der Waals surface area contributed by atoms with Crippen LogP contribution in [0.1, 0.15) is 16.7 Å². The highest BCUT2D eigenvalue weighted by molar-refractivity contribution is 6.44. The van der Waals surface area contributed by atoms with Crippen LogP contribution in [0.3, 0.4) is 0 Å². The van der Waals surface area contributed by atoms with E-state index in [0.717, 1.165) is 58.1 Å². The number of likely N-dealkylation sites (N-methyl/N-ethyl adjacent to an activating group) is 2. The summed E-state index contributed by atoms with van der Waals surface area (Å²) in [7, 11) is 9.48. The van der Waals surface area contributed by atoms with Crippen LogP contribution in [0, 0.1) is 12.3 Å². The zero-order valence-corrected chi connectivity index (χ0v) is 19.2. The van der Waals surface area contributed by atoms with Crippen LogP contribution in [0.5, 0.6) is 11.5 Å². The van der Waals surface area contributed by atoms with Crippen molar-refractivity contribution in [2.45, 2.75) is 0 Å². The summed E-state index contributed by atoms with van der Waals surface area (Å²) in [6.45, 7) is 1.94. The molecule has 7 nitrogen and oxygen atoms in total. The third kappa shape index (κ3) is 3.79. The van der Waals surface area contributed by atoms with Crippen molar-refractivity contribution in [3.8, 4) is 23.8 Å². The van der Waals surface area contributed by atoms with Gasteiger partial charge in [0.2, 0.25) is 0 Å². The number of methoxy groups -OCH3 is 2. The van der Waals surface area contributed by atoms with E-state index in [9.17, 15) is 0 Å². The molecule has 0 aromatic heterocycles. The highest BCUT2D eigenvalue weighted by Crippen LogP contribution is 2.50. The molecule has 1 aliphatic heterocycles. The fourth-order valence-corrected chi connectivity index (χ4v) is 4.01. The van der Waals surface area contributed by atoms with Crippen LogP contribution in [-0.4, -0.2) is 65.7 Å². The van der Waals surface area contributed by atoms with Crippen molar-refractivity contribution < 1.29 is 14.3 Å². The van der Waals surface area contributed by atoms with Crippen LogP contribution in [0.25, 0.3) is 11.6 Å². The minimum absolute atomic E-state index is 0.159. The Hall–Kier alpha value is -3.47. The number of benzene rings is 2. The van der Waals surface area contributed by atoms with Crippen molar-refractivity contribution in [2.75, 3.05) is 65.4 Å². The number of rotatable bonds is 9. The van der Waals surface area contributed by atoms with Crippen LogP contribution in [0.15, 0.2) is 29.3 Å². The van der Waals surface area contributed by atoms with Gasteiger partial charge >= 0.3 is 0 Å². The van der Waals surface area contributed by atoms with Crippen molar-refractivity contribution in [2.24, 2.45) is 4.99 Å². The number of terminal acetylenes is 1. The maximum Gasteiger partial charge on any atom is 0.161 e. The van der Waals surface area contributed by atoms with Crippen molar-refractivity contribution in [3.63, 3.8) is 0 Å². The quantitative estimate of drug-likeness (QED) is 0.371. The largest absolute Gasteiger partial charge is 0.493 e. The lowest BCUT2D eigenvalue weighted by Gasteiger charge is -2.26. The zero-order chi connectivity index (χ0) is 22.8. The zero-order valence-electron chi connectivity index (χ0n) is 19.2. The van der Waals surface area contributed by atoms with E-state index in [1.165, 1.54) is 0 Å². The number of ether oxygens (including phenoxy) is 2. The normalized spacial score (nSPS) is 13.0. The molecule has 0 saturated heterocycles. The van der Waals surface area contributed by atoms with Gasteiger partial charge in [0.1, 0.15) is 6.61 Å². The van der Waals surface area contributed by atoms with E-state index in [4.69, 9.17) is 25.7 Å². The first-order valence-electron chi connectivity index (χ1n) is 10.4. The Balaban J connectivity index is 1.78. The first-order valence-corrected chi connectivity index (χ1v) is 10.4. The number of fused-ring (bicyclic) bond motifs is 5. The van der Waals surface area contributed by atoms with Gasteiger partial charge in [0.15, 0.2) is 11.5 Å². The van der Waals surface area contributed by atoms with E-state index in [0.29, 0.717) is 11.5 Å². The fraction of sp³-hybridized carbons (Fsp3) is 0.320. The van der Waals surface area contributed by atoms with E-state index < -0.39 is 0 Å². The van der Waals surface area contributed by atoms with E-state index in [1.54, 1.807) is 14.2 Å². The number of aliphatic imine (C=N–C) groups is 1. The number of hydrogen-bond donors (Lipinski definition) is 1. The Morgan fingerprint density at radius 3 is 2.50 bits per heavy atom. The molecule has 7 heteroatoms. The van der Waals surface area contributed by atoms with Crippen molar-refractivity contribution in [1.29, 1.82) is 0 Å². The second-order valence-corrected chi connectivity index (χ2v) is 7.99. The molecule has 32 heavy (non-hydrogen) atoms. The minimum Gasteiger partial charge on any atom is -0.493 e. The van der Waals surface area contributed by atoms with Gasteiger partial charge in [0.05, 0.1) is 37.0 Å². The molecule has 166 valence electrons. The van der Waals surface area contributed by atoms with Gasteiger partial charge in [-0.1, -0.05) is 5.92 Å². The summed E-state index contributed by atoms with van der Waals surface area (Å²) >= 11 is 0. The minimum atomic E-state index is 0.159. The summed E-state index contributed by atoms with van der Waals surface area (Å²) in [4.78, 5) is 14.9. The summed E-state index contributed by atoms with van der Waals surface area (Å²) in [6.07, 6.45) is 7.53. The molecule has 0 saturated carbocycles. The first kappa shape index (κ1) is 21.8. The summed E-state index contributed by atoms with van der Waals surface area (Å²) in [6, 6.07) is 8.08. The van der Waals surface area contributed by atoms with Gasteiger partial charge in [0, 0.05) is 36.8 Å². The number of nitrogens with zero attached hydrogens (tertiary/aromatic N) is 3. The predicted molar refractivity (Wildman–Crippen MR) is 130 cm³/mol. The van der Waals surface area contributed by atoms with Crippen molar-refractivity contribution in [3.05, 3.63) is 41.0 Å². The summed E-state index contributed by atoms with van der Waals surface area (Å²) in [5.41, 5.74) is 10.9. The van der Waals surface area contributed by atoms with Gasteiger partial charge in [-0.15, -0.1) is 6.42 Å². The summed E-state index contributed by atoms with van der Waals surface area (Å²) in [5, 5.41) is 0. The number of nitrogens with one attached hydrogen (secondary N) is 1. The molecule has 0 spiro atoms. The lowest BCUT2D eigenvalue weighted by molar-refractivity contribution is 0.234. The van der Waals surface area contributed by atoms with Gasteiger partial charge < -0.3 is 19.3 Å². The summed E-state index contributed by atoms with van der Waals surface area (Å²) in [5.74, 6) is 3.88. The average molecular weight is 433 g/mol. The van der Waals surface area contributed by atoms with Crippen LogP contribution < -0.4 is 19.9 Å². The third-order valence-electron chi connectivity index (χ3n) is 5.65. The summed E-state index contributed by atoms with van der Waals surface area (Å²) < 4.78 is 11.0. The average Bonchev–Trinajstić information content (AvgIpc) is 3.32. The smallest absolute Gasteiger partial charge is 0.161 e. The van der Waals surface area contributed by atoms with E-state index in [-0.39, 0.29) is 6.61 Å². The Bertz CT molecular complexity index is 1140. The predicted octanol–water partition coefficient (Wildman–Crippen LogP) is 3.67. The SMILES string of the molecule is C#CCONc1c(N(C)CCN(C)C)ccc2c1C1=Cc3cc(OC)c(OC)cc3C1=N2. The molecule has 0 atom stereocenters. The Morgan fingerprint density at radius 1 is 1.06 bits per heavy atom. The third-order valence-corrected chi connectivity index (χ3v) is 5.65. The molecule has 4 rings (SSSR count). The monoisotopic (exact) mass is 432 g/mol. The van der Waals surface area contributed by atoms with Gasteiger partial charge in [-0.05, 0) is 50.0 Å². The number of anilines is 2. The first-order chi connectivity index (χ1) is 15.5. The van der Waals surface area contributed by atoms with Gasteiger partial charge in [-0.2, -0.15) is 0 Å². The molecule has 1 aliphatic carbocycles. The fourth-order valence-electron chi connectivity index (χ4n) is 4.01. The van der Waals surface area contributed by atoms with Crippen LogP contribution in [0.2, 0.25) is 0 Å². The molecule has 0 radical (unpaired) electrons. The highest BCUT2D eigenvalue weighted by atomic mass is 16.6. The van der Waals surface area contributed by atoms with Crippen LogP contribution in [-0.2, 0) is 4.84 Å². The molecule has 0 amide bonds. The second-order valence-electron chi connectivity index (χ2n) is 7.99. The molecule has 0 unspecified atom stereocenters. The molecular weight excluding hydrogens is 404 g/mol. The van der Waals surface area contributed by atoms with E-state index in [2.05, 4.69) is 60.6 Å². The Kier molecular flexibility index (Phi) is 6.08. The van der Waals surface area contributed by atoms with Gasteiger partial charge in [-0.25, -0.2) is 4.99 Å². The van der Waals surface area contributed by atoms with Gasteiger partial charge in [0.25, 0.3) is 0 Å². The molecule has 0 fully saturated rings. The van der Waals surface area contributed by atoms with Crippen molar-refractivity contribution in [1.82, 2.24) is 4.90 Å². The molecule has 0 bridgehead atoms. The molecule has 2 aromatic rings. The molecule has 1 N–H and O–H groups in total. The highest BCUT2D eigenvalue weighted by Gasteiger charge is 2.33.